The number of hydrogen-bond donors (Lipinski definition) is 2. The van der Waals surface area contributed by atoms with Crippen molar-refractivity contribution in [2.45, 2.75) is 38.6 Å². The Morgan fingerprint density at radius 3 is 2.46 bits per heavy atom. The first-order chi connectivity index (χ1) is 12.5. The number of carbonyl (C=O) groups is 2. The van der Waals surface area contributed by atoms with Gasteiger partial charge in [0.2, 0.25) is 5.91 Å². The summed E-state index contributed by atoms with van der Waals surface area (Å²) in [6.07, 6.45) is 4.77. The lowest BCUT2D eigenvalue weighted by Gasteiger charge is -2.20. The van der Waals surface area contributed by atoms with Gasteiger partial charge in [-0.2, -0.15) is 0 Å². The molecule has 0 fully saturated rings. The summed E-state index contributed by atoms with van der Waals surface area (Å²) < 4.78 is 5.47. The van der Waals surface area contributed by atoms with Gasteiger partial charge in [-0.15, -0.1) is 0 Å². The van der Waals surface area contributed by atoms with Crippen molar-refractivity contribution in [3.63, 3.8) is 0 Å². The molecule has 0 spiro atoms. The van der Waals surface area contributed by atoms with Crippen LogP contribution in [0.5, 0.6) is 5.75 Å². The molecule has 2 aromatic carbocycles. The van der Waals surface area contributed by atoms with Crippen LogP contribution in [0.25, 0.3) is 0 Å². The summed E-state index contributed by atoms with van der Waals surface area (Å²) in [4.78, 5) is 23.2. The van der Waals surface area contributed by atoms with Crippen molar-refractivity contribution >= 4 is 11.8 Å². The van der Waals surface area contributed by atoms with E-state index in [-0.39, 0.29) is 18.6 Å². The minimum Gasteiger partial charge on any atom is -0.484 e. The summed E-state index contributed by atoms with van der Waals surface area (Å²) in [5.41, 5.74) is 9.55. The predicted octanol–water partition coefficient (Wildman–Crippen LogP) is 2.92. The van der Waals surface area contributed by atoms with Gasteiger partial charge in [-0.25, -0.2) is 0 Å². The number of nitrogens with one attached hydrogen (secondary N) is 1. The first-order valence-electron chi connectivity index (χ1n) is 8.96. The molecule has 1 aliphatic carbocycles. The summed E-state index contributed by atoms with van der Waals surface area (Å²) in [6.45, 7) is 1.90. The van der Waals surface area contributed by atoms with E-state index in [2.05, 4.69) is 23.5 Å². The highest BCUT2D eigenvalue weighted by Gasteiger charge is 2.14. The van der Waals surface area contributed by atoms with Gasteiger partial charge in [-0.3, -0.25) is 9.59 Å². The number of carbonyl (C=O) groups excluding carboxylic acids is 2. The zero-order valence-electron chi connectivity index (χ0n) is 15.0. The molecule has 2 amide bonds. The maximum atomic E-state index is 12.2. The van der Waals surface area contributed by atoms with E-state index >= 15 is 0 Å². The molecule has 5 heteroatoms. The van der Waals surface area contributed by atoms with Crippen LogP contribution < -0.4 is 15.8 Å². The van der Waals surface area contributed by atoms with Crippen molar-refractivity contribution < 1.29 is 14.3 Å². The van der Waals surface area contributed by atoms with Gasteiger partial charge in [0.25, 0.3) is 5.91 Å². The van der Waals surface area contributed by atoms with Crippen molar-refractivity contribution in [2.75, 3.05) is 6.61 Å². The van der Waals surface area contributed by atoms with Gasteiger partial charge in [-0.1, -0.05) is 18.2 Å². The fraction of sp³-hybridized carbons (Fsp3) is 0.333. The van der Waals surface area contributed by atoms with E-state index in [4.69, 9.17) is 10.5 Å². The number of ether oxygens (including phenoxy) is 1. The summed E-state index contributed by atoms with van der Waals surface area (Å²) >= 11 is 0. The molecule has 136 valence electrons. The third-order valence-electron chi connectivity index (χ3n) is 4.76. The number of aryl methyl sites for hydroxylation is 2. The van der Waals surface area contributed by atoms with Crippen LogP contribution in [0.1, 0.15) is 52.9 Å². The first kappa shape index (κ1) is 18.0. The Hall–Kier alpha value is -2.82. The second kappa shape index (κ2) is 8.04. The Bertz CT molecular complexity index is 799. The number of primary amides is 1. The lowest BCUT2D eigenvalue weighted by atomic mass is 9.89. The molecule has 0 heterocycles. The molecule has 0 saturated carbocycles. The number of amides is 2. The van der Waals surface area contributed by atoms with Crippen molar-refractivity contribution in [3.05, 3.63) is 64.7 Å². The van der Waals surface area contributed by atoms with Crippen LogP contribution in [0.4, 0.5) is 0 Å². The Morgan fingerprint density at radius 1 is 1.08 bits per heavy atom. The van der Waals surface area contributed by atoms with Gasteiger partial charge in [0.15, 0.2) is 6.61 Å². The normalized spacial score (nSPS) is 14.2. The van der Waals surface area contributed by atoms with E-state index in [1.54, 1.807) is 24.3 Å². The fourth-order valence-electron chi connectivity index (χ4n) is 3.25. The van der Waals surface area contributed by atoms with Crippen molar-refractivity contribution in [2.24, 2.45) is 5.73 Å². The SMILES string of the molecule is C[C@H](NC(=O)COc1ccc(C(N)=O)cc1)c1ccc2c(c1)CCCC2. The quantitative estimate of drug-likeness (QED) is 0.839. The topological polar surface area (TPSA) is 81.4 Å². The second-order valence-electron chi connectivity index (χ2n) is 6.70. The van der Waals surface area contributed by atoms with Crippen LogP contribution >= 0.6 is 0 Å². The van der Waals surface area contributed by atoms with Crippen LogP contribution in [0.2, 0.25) is 0 Å². The van der Waals surface area contributed by atoms with Crippen molar-refractivity contribution in [3.8, 4) is 5.75 Å². The zero-order chi connectivity index (χ0) is 18.5. The van der Waals surface area contributed by atoms with Crippen LogP contribution in [-0.2, 0) is 17.6 Å². The maximum Gasteiger partial charge on any atom is 0.258 e. The third-order valence-corrected chi connectivity index (χ3v) is 4.76. The summed E-state index contributed by atoms with van der Waals surface area (Å²) in [5.74, 6) is -0.158. The zero-order valence-corrected chi connectivity index (χ0v) is 15.0. The van der Waals surface area contributed by atoms with E-state index in [1.807, 2.05) is 6.92 Å². The average molecular weight is 352 g/mol. The van der Waals surface area contributed by atoms with E-state index in [9.17, 15) is 9.59 Å². The molecule has 0 unspecified atom stereocenters. The Morgan fingerprint density at radius 2 is 1.77 bits per heavy atom. The van der Waals surface area contributed by atoms with Crippen molar-refractivity contribution in [1.82, 2.24) is 5.32 Å². The molecular weight excluding hydrogens is 328 g/mol. The molecule has 0 aliphatic heterocycles. The summed E-state index contributed by atoms with van der Waals surface area (Å²) in [6, 6.07) is 12.8. The molecule has 0 radical (unpaired) electrons. The van der Waals surface area contributed by atoms with Gasteiger partial charge >= 0.3 is 0 Å². The molecule has 26 heavy (non-hydrogen) atoms. The molecule has 1 aliphatic rings. The lowest BCUT2D eigenvalue weighted by molar-refractivity contribution is -0.123. The molecule has 3 rings (SSSR count). The van der Waals surface area contributed by atoms with Gasteiger partial charge in [-0.05, 0) is 73.6 Å². The van der Waals surface area contributed by atoms with Crippen LogP contribution in [0, 0.1) is 0 Å². The van der Waals surface area contributed by atoms with E-state index in [0.717, 1.165) is 18.4 Å². The van der Waals surface area contributed by atoms with Crippen LogP contribution in [0.15, 0.2) is 42.5 Å². The highest BCUT2D eigenvalue weighted by Crippen LogP contribution is 2.24. The van der Waals surface area contributed by atoms with Crippen LogP contribution in [-0.4, -0.2) is 18.4 Å². The van der Waals surface area contributed by atoms with Gasteiger partial charge in [0, 0.05) is 5.56 Å². The molecule has 5 nitrogen and oxygen atoms in total. The summed E-state index contributed by atoms with van der Waals surface area (Å²) in [7, 11) is 0. The van der Waals surface area contributed by atoms with E-state index < -0.39 is 5.91 Å². The standard InChI is InChI=1S/C21H24N2O3/c1-14(17-7-6-15-4-2-3-5-18(15)12-17)23-20(24)13-26-19-10-8-16(9-11-19)21(22)25/h6-12,14H,2-5,13H2,1H3,(H2,22,25)(H,23,24)/t14-/m0/s1. The number of rotatable bonds is 6. The molecular formula is C21H24N2O3. The number of nitrogens with two attached hydrogens (primary N) is 1. The van der Waals surface area contributed by atoms with E-state index in [0.29, 0.717) is 11.3 Å². The minimum atomic E-state index is -0.492. The number of fused-ring (bicyclic) bond motifs is 1. The molecule has 1 atom stereocenters. The highest BCUT2D eigenvalue weighted by atomic mass is 16.5. The third kappa shape index (κ3) is 4.42. The number of hydrogen-bond acceptors (Lipinski definition) is 3. The molecule has 0 saturated heterocycles. The molecule has 3 N–H and O–H groups in total. The smallest absolute Gasteiger partial charge is 0.258 e. The molecule has 0 bridgehead atoms. The van der Waals surface area contributed by atoms with Gasteiger partial charge in [0.05, 0.1) is 6.04 Å². The Kier molecular flexibility index (Phi) is 5.56. The van der Waals surface area contributed by atoms with Gasteiger partial charge < -0.3 is 15.8 Å². The lowest BCUT2D eigenvalue weighted by Crippen LogP contribution is -2.31. The minimum absolute atomic E-state index is 0.0736. The second-order valence-corrected chi connectivity index (χ2v) is 6.70. The van der Waals surface area contributed by atoms with Crippen molar-refractivity contribution in [1.29, 1.82) is 0 Å². The number of benzene rings is 2. The summed E-state index contributed by atoms with van der Waals surface area (Å²) in [5, 5.41) is 2.96. The Labute approximate surface area is 153 Å². The Balaban J connectivity index is 1.53. The largest absolute Gasteiger partial charge is 0.484 e. The highest BCUT2D eigenvalue weighted by molar-refractivity contribution is 5.92. The molecule has 0 aromatic heterocycles. The van der Waals surface area contributed by atoms with Crippen LogP contribution in [0.3, 0.4) is 0 Å². The fourth-order valence-corrected chi connectivity index (χ4v) is 3.25. The monoisotopic (exact) mass is 352 g/mol. The molecule has 2 aromatic rings. The average Bonchev–Trinajstić information content (AvgIpc) is 2.66. The maximum absolute atomic E-state index is 12.2. The predicted molar refractivity (Wildman–Crippen MR) is 100 cm³/mol. The van der Waals surface area contributed by atoms with Gasteiger partial charge in [0.1, 0.15) is 5.75 Å². The van der Waals surface area contributed by atoms with E-state index in [1.165, 1.54) is 24.0 Å². The first-order valence-corrected chi connectivity index (χ1v) is 8.96.